The summed E-state index contributed by atoms with van der Waals surface area (Å²) >= 11 is 0. The first-order chi connectivity index (χ1) is 4.12. The van der Waals surface area contributed by atoms with E-state index in [9.17, 15) is 5.11 Å². The summed E-state index contributed by atoms with van der Waals surface area (Å²) < 4.78 is 0. The quantitative estimate of drug-likeness (QED) is 0.569. The van der Waals surface area contributed by atoms with Gasteiger partial charge >= 0.3 is 0 Å². The third kappa shape index (κ3) is 4.05. The molecule has 0 fully saturated rings. The smallest absolute Gasteiger partial charge is 0.0626 e. The number of rotatable bonds is 3. The van der Waals surface area contributed by atoms with Crippen molar-refractivity contribution in [2.24, 2.45) is 0 Å². The second kappa shape index (κ2) is 3.53. The molecule has 9 heavy (non-hydrogen) atoms. The molecule has 0 aromatic heterocycles. The van der Waals surface area contributed by atoms with Crippen LogP contribution in [0, 0.1) is 12.3 Å². The highest BCUT2D eigenvalue weighted by molar-refractivity contribution is 4.86. The van der Waals surface area contributed by atoms with Crippen LogP contribution in [0.25, 0.3) is 0 Å². The third-order valence-corrected chi connectivity index (χ3v) is 1.57. The lowest BCUT2D eigenvalue weighted by molar-refractivity contribution is 0.0486. The molecule has 0 aromatic rings. The van der Waals surface area contributed by atoms with Gasteiger partial charge in [-0.3, -0.25) is 0 Å². The summed E-state index contributed by atoms with van der Waals surface area (Å²) in [5.74, 6) is 2.50. The molecule has 0 bridgehead atoms. The Morgan fingerprint density at radius 1 is 1.67 bits per heavy atom. The summed E-state index contributed by atoms with van der Waals surface area (Å²) in [6.45, 7) is 3.76. The molecule has 0 aromatic carbocycles. The largest absolute Gasteiger partial charge is 0.390 e. The number of aliphatic hydroxyl groups is 1. The molecule has 0 aliphatic rings. The van der Waals surface area contributed by atoms with E-state index in [0.717, 1.165) is 6.42 Å². The van der Waals surface area contributed by atoms with Crippen LogP contribution in [-0.4, -0.2) is 10.7 Å². The minimum Gasteiger partial charge on any atom is -0.390 e. The van der Waals surface area contributed by atoms with Crippen LogP contribution in [0.2, 0.25) is 0 Å². The topological polar surface area (TPSA) is 20.2 Å². The summed E-state index contributed by atoms with van der Waals surface area (Å²) in [5.41, 5.74) is -0.549. The first-order valence-corrected chi connectivity index (χ1v) is 3.28. The van der Waals surface area contributed by atoms with Gasteiger partial charge in [0.25, 0.3) is 0 Å². The Balaban J connectivity index is 3.48. The minimum atomic E-state index is -0.549. The maximum Gasteiger partial charge on any atom is 0.0626 e. The molecular weight excluding hydrogens is 112 g/mol. The molecule has 0 radical (unpaired) electrons. The molecule has 1 atom stereocenters. The van der Waals surface area contributed by atoms with Crippen molar-refractivity contribution < 1.29 is 5.11 Å². The van der Waals surface area contributed by atoms with E-state index in [1.54, 1.807) is 0 Å². The lowest BCUT2D eigenvalue weighted by Crippen LogP contribution is -2.21. The van der Waals surface area contributed by atoms with Gasteiger partial charge in [0.05, 0.1) is 5.60 Å². The predicted molar refractivity (Wildman–Crippen MR) is 39.0 cm³/mol. The Kier molecular flexibility index (Phi) is 3.34. The van der Waals surface area contributed by atoms with E-state index in [1.165, 1.54) is 0 Å². The number of terminal acetylenes is 1. The van der Waals surface area contributed by atoms with Crippen LogP contribution < -0.4 is 0 Å². The van der Waals surface area contributed by atoms with Crippen LogP contribution in [0.5, 0.6) is 0 Å². The van der Waals surface area contributed by atoms with Crippen molar-refractivity contribution in [2.75, 3.05) is 0 Å². The van der Waals surface area contributed by atoms with Gasteiger partial charge in [0.15, 0.2) is 0 Å². The van der Waals surface area contributed by atoms with Gasteiger partial charge in [-0.05, 0) is 19.8 Å². The van der Waals surface area contributed by atoms with Crippen molar-refractivity contribution in [3.63, 3.8) is 0 Å². The van der Waals surface area contributed by atoms with E-state index < -0.39 is 5.60 Å². The Morgan fingerprint density at radius 2 is 2.22 bits per heavy atom. The average molecular weight is 126 g/mol. The van der Waals surface area contributed by atoms with Crippen LogP contribution in [0.3, 0.4) is 0 Å². The molecule has 0 spiro atoms. The highest BCUT2D eigenvalue weighted by Crippen LogP contribution is 2.14. The standard InChI is InChI=1S/C8H14O/c1-4-6-7-8(3,9)5-2/h1,9H,5-7H2,2-3H3. The third-order valence-electron chi connectivity index (χ3n) is 1.57. The Hall–Kier alpha value is -0.480. The molecule has 1 N–H and O–H groups in total. The fourth-order valence-electron chi connectivity index (χ4n) is 0.518. The molecule has 0 saturated carbocycles. The Morgan fingerprint density at radius 3 is 2.56 bits per heavy atom. The van der Waals surface area contributed by atoms with E-state index in [1.807, 2.05) is 13.8 Å². The van der Waals surface area contributed by atoms with E-state index in [4.69, 9.17) is 6.42 Å². The molecule has 0 amide bonds. The molecule has 0 aliphatic carbocycles. The second-order valence-corrected chi connectivity index (χ2v) is 2.55. The van der Waals surface area contributed by atoms with Crippen LogP contribution in [-0.2, 0) is 0 Å². The lowest BCUT2D eigenvalue weighted by atomic mass is 9.98. The van der Waals surface area contributed by atoms with Gasteiger partial charge in [-0.1, -0.05) is 6.92 Å². The number of hydrogen-bond donors (Lipinski definition) is 1. The van der Waals surface area contributed by atoms with E-state index >= 15 is 0 Å². The van der Waals surface area contributed by atoms with Crippen molar-refractivity contribution in [1.82, 2.24) is 0 Å². The first kappa shape index (κ1) is 8.52. The van der Waals surface area contributed by atoms with Crippen LogP contribution in [0.1, 0.15) is 33.1 Å². The monoisotopic (exact) mass is 126 g/mol. The predicted octanol–water partition coefficient (Wildman–Crippen LogP) is 1.56. The van der Waals surface area contributed by atoms with Gasteiger partial charge in [0.2, 0.25) is 0 Å². The van der Waals surface area contributed by atoms with Gasteiger partial charge in [-0.2, -0.15) is 0 Å². The summed E-state index contributed by atoms with van der Waals surface area (Å²) in [6.07, 6.45) is 7.18. The van der Waals surface area contributed by atoms with Crippen molar-refractivity contribution >= 4 is 0 Å². The molecular formula is C8H14O. The Bertz CT molecular complexity index is 108. The van der Waals surface area contributed by atoms with Gasteiger partial charge < -0.3 is 5.11 Å². The zero-order valence-corrected chi connectivity index (χ0v) is 6.15. The second-order valence-electron chi connectivity index (χ2n) is 2.55. The molecule has 0 rings (SSSR count). The fourth-order valence-corrected chi connectivity index (χ4v) is 0.518. The summed E-state index contributed by atoms with van der Waals surface area (Å²) in [7, 11) is 0. The van der Waals surface area contributed by atoms with E-state index in [0.29, 0.717) is 12.8 Å². The van der Waals surface area contributed by atoms with Gasteiger partial charge in [0, 0.05) is 6.42 Å². The van der Waals surface area contributed by atoms with E-state index in [2.05, 4.69) is 5.92 Å². The fraction of sp³-hybridized carbons (Fsp3) is 0.750. The normalized spacial score (nSPS) is 16.2. The minimum absolute atomic E-state index is 0.549. The molecule has 0 heterocycles. The molecule has 1 heteroatoms. The first-order valence-electron chi connectivity index (χ1n) is 3.28. The average Bonchev–Trinajstić information content (AvgIpc) is 1.84. The summed E-state index contributed by atoms with van der Waals surface area (Å²) in [5, 5.41) is 9.36. The van der Waals surface area contributed by atoms with Gasteiger partial charge in [0.1, 0.15) is 0 Å². The lowest BCUT2D eigenvalue weighted by Gasteiger charge is -2.18. The van der Waals surface area contributed by atoms with Gasteiger partial charge in [-0.25, -0.2) is 0 Å². The van der Waals surface area contributed by atoms with Crippen LogP contribution >= 0.6 is 0 Å². The summed E-state index contributed by atoms with van der Waals surface area (Å²) in [4.78, 5) is 0. The van der Waals surface area contributed by atoms with Gasteiger partial charge in [-0.15, -0.1) is 12.3 Å². The highest BCUT2D eigenvalue weighted by Gasteiger charge is 2.15. The van der Waals surface area contributed by atoms with Crippen molar-refractivity contribution in [3.8, 4) is 12.3 Å². The molecule has 0 aliphatic heterocycles. The Labute approximate surface area is 57.1 Å². The van der Waals surface area contributed by atoms with E-state index in [-0.39, 0.29) is 0 Å². The van der Waals surface area contributed by atoms with Crippen molar-refractivity contribution in [2.45, 2.75) is 38.7 Å². The van der Waals surface area contributed by atoms with Crippen molar-refractivity contribution in [3.05, 3.63) is 0 Å². The molecule has 1 unspecified atom stereocenters. The maximum absolute atomic E-state index is 9.36. The molecule has 0 saturated heterocycles. The summed E-state index contributed by atoms with van der Waals surface area (Å²) in [6, 6.07) is 0. The maximum atomic E-state index is 9.36. The zero-order valence-electron chi connectivity index (χ0n) is 6.15. The van der Waals surface area contributed by atoms with Crippen LogP contribution in [0.4, 0.5) is 0 Å². The molecule has 52 valence electrons. The number of hydrogen-bond acceptors (Lipinski definition) is 1. The molecule has 1 nitrogen and oxygen atoms in total. The van der Waals surface area contributed by atoms with Crippen molar-refractivity contribution in [1.29, 1.82) is 0 Å². The van der Waals surface area contributed by atoms with Crippen LogP contribution in [0.15, 0.2) is 0 Å². The zero-order chi connectivity index (χ0) is 7.33. The SMILES string of the molecule is C#CCCC(C)(O)CC. The highest BCUT2D eigenvalue weighted by atomic mass is 16.3.